The van der Waals surface area contributed by atoms with E-state index >= 15 is 0 Å². The monoisotopic (exact) mass is 382 g/mol. The number of fused-ring (bicyclic) bond motifs is 3. The van der Waals surface area contributed by atoms with Crippen LogP contribution in [0.2, 0.25) is 0 Å². The molecule has 0 spiro atoms. The largest absolute Gasteiger partial charge is 0.468 e. The Morgan fingerprint density at radius 1 is 1.33 bits per heavy atom. The predicted molar refractivity (Wildman–Crippen MR) is 108 cm³/mol. The molecule has 0 radical (unpaired) electrons. The van der Waals surface area contributed by atoms with Crippen molar-refractivity contribution in [2.24, 2.45) is 13.0 Å². The number of nitrogens with one attached hydrogen (secondary N) is 1. The molecule has 3 aliphatic rings. The van der Waals surface area contributed by atoms with Crippen LogP contribution in [-0.2, 0) is 13.6 Å². The van der Waals surface area contributed by atoms with Crippen LogP contribution in [-0.4, -0.2) is 40.4 Å². The third-order valence-electron chi connectivity index (χ3n) is 6.21. The zero-order chi connectivity index (χ0) is 18.2. The Labute approximate surface area is 164 Å². The molecule has 142 valence electrons. The molecule has 3 aliphatic heterocycles. The number of rotatable bonds is 6. The van der Waals surface area contributed by atoms with Crippen molar-refractivity contribution in [2.45, 2.75) is 31.3 Å². The van der Waals surface area contributed by atoms with Crippen molar-refractivity contribution in [3.05, 3.63) is 53.4 Å². The second-order valence-electron chi connectivity index (χ2n) is 7.81. The molecule has 3 fully saturated rings. The van der Waals surface area contributed by atoms with Gasteiger partial charge in [0.2, 0.25) is 0 Å². The highest BCUT2D eigenvalue weighted by Crippen LogP contribution is 2.42. The molecule has 3 saturated heterocycles. The molecule has 4 atom stereocenters. The second-order valence-corrected chi connectivity index (χ2v) is 8.75. The molecule has 0 saturated carbocycles. The number of thiophene rings is 1. The summed E-state index contributed by atoms with van der Waals surface area (Å²) in [6.07, 6.45) is 4.32. The van der Waals surface area contributed by atoms with Gasteiger partial charge in [-0.15, -0.1) is 11.3 Å². The molecule has 0 amide bonds. The molecular formula is C21H26N4OS. The molecule has 27 heavy (non-hydrogen) atoms. The van der Waals surface area contributed by atoms with Gasteiger partial charge in [0.15, 0.2) is 0 Å². The summed E-state index contributed by atoms with van der Waals surface area (Å²) in [7, 11) is 2.10. The number of nitrogens with zero attached hydrogens (tertiary/aromatic N) is 3. The highest BCUT2D eigenvalue weighted by molar-refractivity contribution is 7.13. The fraction of sp³-hybridized carbons (Fsp3) is 0.476. The minimum atomic E-state index is 0.603. The highest BCUT2D eigenvalue weighted by Gasteiger charge is 2.41. The van der Waals surface area contributed by atoms with E-state index in [1.165, 1.54) is 30.0 Å². The van der Waals surface area contributed by atoms with Crippen LogP contribution in [0.1, 0.15) is 30.2 Å². The maximum absolute atomic E-state index is 5.42. The smallest absolute Gasteiger partial charge is 0.117 e. The van der Waals surface area contributed by atoms with Crippen molar-refractivity contribution in [1.29, 1.82) is 0 Å². The van der Waals surface area contributed by atoms with Crippen LogP contribution in [0, 0.1) is 5.92 Å². The molecule has 1 N–H and O–H groups in total. The molecule has 6 rings (SSSR count). The van der Waals surface area contributed by atoms with Crippen LogP contribution < -0.4 is 5.32 Å². The SMILES string of the molecule is Cn1nc(-c2cccs2)cc1[C@H]1CN2CC[C@H]1C[C@@H]2CNCc1ccco1. The first-order chi connectivity index (χ1) is 13.3. The number of furan rings is 1. The summed E-state index contributed by atoms with van der Waals surface area (Å²) in [5.74, 6) is 2.38. The van der Waals surface area contributed by atoms with Crippen LogP contribution in [0.3, 0.4) is 0 Å². The van der Waals surface area contributed by atoms with Gasteiger partial charge in [0.25, 0.3) is 0 Å². The maximum atomic E-state index is 5.42. The molecule has 6 heteroatoms. The quantitative estimate of drug-likeness (QED) is 0.706. The number of aromatic nitrogens is 2. The fourth-order valence-corrected chi connectivity index (χ4v) is 5.52. The van der Waals surface area contributed by atoms with Crippen molar-refractivity contribution >= 4 is 11.3 Å². The van der Waals surface area contributed by atoms with Crippen LogP contribution in [0.25, 0.3) is 10.6 Å². The van der Waals surface area contributed by atoms with Crippen molar-refractivity contribution in [1.82, 2.24) is 20.0 Å². The number of aryl methyl sites for hydroxylation is 1. The summed E-state index contributed by atoms with van der Waals surface area (Å²) >= 11 is 1.77. The van der Waals surface area contributed by atoms with Crippen LogP contribution in [0.5, 0.6) is 0 Å². The molecule has 1 unspecified atom stereocenters. The third kappa shape index (κ3) is 3.37. The van der Waals surface area contributed by atoms with Gasteiger partial charge in [0.1, 0.15) is 11.5 Å². The van der Waals surface area contributed by atoms with Crippen LogP contribution >= 0.6 is 11.3 Å². The first-order valence-corrected chi connectivity index (χ1v) is 10.7. The zero-order valence-corrected chi connectivity index (χ0v) is 16.5. The van der Waals surface area contributed by atoms with E-state index in [1.807, 2.05) is 12.1 Å². The van der Waals surface area contributed by atoms with E-state index in [4.69, 9.17) is 9.52 Å². The van der Waals surface area contributed by atoms with E-state index in [1.54, 1.807) is 17.6 Å². The van der Waals surface area contributed by atoms with Gasteiger partial charge >= 0.3 is 0 Å². The Bertz CT molecular complexity index is 870. The highest BCUT2D eigenvalue weighted by atomic mass is 32.1. The minimum Gasteiger partial charge on any atom is -0.468 e. The Morgan fingerprint density at radius 2 is 2.30 bits per heavy atom. The van der Waals surface area contributed by atoms with Crippen LogP contribution in [0.4, 0.5) is 0 Å². The molecular weight excluding hydrogens is 356 g/mol. The lowest BCUT2D eigenvalue weighted by Gasteiger charge is -2.50. The molecule has 3 aromatic rings. The standard InChI is InChI=1S/C21H26N4OS/c1-24-20(11-19(23-24)21-5-3-9-27-21)18-14-25-7-6-15(18)10-16(25)12-22-13-17-4-2-8-26-17/h2-5,8-9,11,15-16,18,22H,6-7,10,12-14H2,1H3/t15-,16+,18-/m0/s1. The first-order valence-electron chi connectivity index (χ1n) is 9.83. The summed E-state index contributed by atoms with van der Waals surface area (Å²) < 4.78 is 7.54. The van der Waals surface area contributed by atoms with E-state index < -0.39 is 0 Å². The Hall–Kier alpha value is -1.89. The van der Waals surface area contributed by atoms with Gasteiger partial charge in [-0.2, -0.15) is 5.10 Å². The Kier molecular flexibility index (Phi) is 4.63. The van der Waals surface area contributed by atoms with Gasteiger partial charge in [0, 0.05) is 37.8 Å². The normalized spacial score (nSPS) is 27.3. The average molecular weight is 383 g/mol. The van der Waals surface area contributed by atoms with Gasteiger partial charge in [-0.25, -0.2) is 0 Å². The third-order valence-corrected chi connectivity index (χ3v) is 7.10. The van der Waals surface area contributed by atoms with E-state index in [9.17, 15) is 0 Å². The van der Waals surface area contributed by atoms with E-state index in [0.29, 0.717) is 12.0 Å². The lowest BCUT2D eigenvalue weighted by atomic mass is 9.74. The predicted octanol–water partition coefficient (Wildman–Crippen LogP) is 3.71. The second kappa shape index (κ2) is 7.26. The summed E-state index contributed by atoms with van der Waals surface area (Å²) in [6.45, 7) is 4.23. The van der Waals surface area contributed by atoms with Crippen molar-refractivity contribution < 1.29 is 4.42 Å². The minimum absolute atomic E-state index is 0.603. The van der Waals surface area contributed by atoms with Crippen molar-refractivity contribution in [3.63, 3.8) is 0 Å². The van der Waals surface area contributed by atoms with E-state index in [-0.39, 0.29) is 0 Å². The lowest BCUT2D eigenvalue weighted by Crippen LogP contribution is -2.55. The van der Waals surface area contributed by atoms with Gasteiger partial charge in [-0.05, 0) is 54.9 Å². The zero-order valence-electron chi connectivity index (χ0n) is 15.7. The molecule has 0 aromatic carbocycles. The molecule has 6 heterocycles. The summed E-state index contributed by atoms with van der Waals surface area (Å²) in [5, 5.41) is 10.5. The molecule has 0 aliphatic carbocycles. The van der Waals surface area contributed by atoms with Gasteiger partial charge in [0.05, 0.1) is 17.7 Å². The Balaban J connectivity index is 1.25. The Morgan fingerprint density at radius 3 is 3.04 bits per heavy atom. The van der Waals surface area contributed by atoms with Crippen molar-refractivity contribution in [2.75, 3.05) is 19.6 Å². The van der Waals surface area contributed by atoms with Crippen molar-refractivity contribution in [3.8, 4) is 10.6 Å². The summed E-state index contributed by atoms with van der Waals surface area (Å²) in [4.78, 5) is 3.94. The van der Waals surface area contributed by atoms with Crippen LogP contribution in [0.15, 0.2) is 46.4 Å². The van der Waals surface area contributed by atoms with Gasteiger partial charge < -0.3 is 9.73 Å². The fourth-order valence-electron chi connectivity index (χ4n) is 4.83. The first kappa shape index (κ1) is 17.2. The van der Waals surface area contributed by atoms with E-state index in [0.717, 1.165) is 37.0 Å². The lowest BCUT2D eigenvalue weighted by molar-refractivity contribution is 0.0280. The average Bonchev–Trinajstić information content (AvgIpc) is 3.44. The maximum Gasteiger partial charge on any atom is 0.117 e. The number of hydrogen-bond acceptors (Lipinski definition) is 5. The molecule has 5 nitrogen and oxygen atoms in total. The molecule has 2 bridgehead atoms. The number of piperidine rings is 3. The summed E-state index contributed by atoms with van der Waals surface area (Å²) in [5.41, 5.74) is 2.52. The van der Waals surface area contributed by atoms with Gasteiger partial charge in [-0.3, -0.25) is 9.58 Å². The summed E-state index contributed by atoms with van der Waals surface area (Å²) in [6, 6.07) is 11.2. The number of hydrogen-bond donors (Lipinski definition) is 1. The van der Waals surface area contributed by atoms with E-state index in [2.05, 4.69) is 45.5 Å². The molecule has 3 aromatic heterocycles. The topological polar surface area (TPSA) is 46.2 Å². The van der Waals surface area contributed by atoms with Gasteiger partial charge in [-0.1, -0.05) is 6.07 Å².